The lowest BCUT2D eigenvalue weighted by Crippen LogP contribution is -2.34. The van der Waals surface area contributed by atoms with Crippen molar-refractivity contribution in [2.45, 2.75) is 0 Å². The van der Waals surface area contributed by atoms with E-state index in [-0.39, 0.29) is 22.3 Å². The van der Waals surface area contributed by atoms with E-state index in [0.717, 1.165) is 0 Å². The number of carbonyl (C=O) groups is 2. The number of nitro benzene ring substituents is 1. The lowest BCUT2D eigenvalue weighted by Gasteiger charge is -2.13. The number of benzene rings is 2. The molecule has 0 aliphatic carbocycles. The van der Waals surface area contributed by atoms with Gasteiger partial charge in [-0.05, 0) is 42.5 Å². The Bertz CT molecular complexity index is 865. The Labute approximate surface area is 155 Å². The van der Waals surface area contributed by atoms with E-state index in [4.69, 9.17) is 12.2 Å². The molecule has 0 aliphatic heterocycles. The molecule has 0 bridgehead atoms. The number of nitrogens with zero attached hydrogens (tertiary/aromatic N) is 2. The van der Waals surface area contributed by atoms with E-state index in [2.05, 4.69) is 10.6 Å². The number of nitrogens with one attached hydrogen (secondary N) is 2. The standard InChI is InChI=1S/C17H16N4O4S/c1-20(2)16(23)12-4-3-5-13(10-12)18-17(26)19-15(22)11-6-8-14(9-7-11)21(24)25/h3-10H,1-2H3,(H2,18,19,22,26). The summed E-state index contributed by atoms with van der Waals surface area (Å²) in [5.41, 5.74) is 1.15. The number of thiocarbonyl (C=S) groups is 1. The van der Waals surface area contributed by atoms with Gasteiger partial charge in [-0.3, -0.25) is 25.0 Å². The molecule has 2 amide bonds. The van der Waals surface area contributed by atoms with Gasteiger partial charge in [-0.2, -0.15) is 0 Å². The largest absolute Gasteiger partial charge is 0.345 e. The molecule has 0 saturated heterocycles. The zero-order chi connectivity index (χ0) is 19.3. The summed E-state index contributed by atoms with van der Waals surface area (Å²) in [5, 5.41) is 16.0. The summed E-state index contributed by atoms with van der Waals surface area (Å²) in [6, 6.07) is 11.8. The molecule has 0 fully saturated rings. The van der Waals surface area contributed by atoms with Gasteiger partial charge in [-0.25, -0.2) is 0 Å². The fourth-order valence-corrected chi connectivity index (χ4v) is 2.27. The number of carbonyl (C=O) groups excluding carboxylic acids is 2. The molecule has 9 heteroatoms. The summed E-state index contributed by atoms with van der Waals surface area (Å²) in [6.07, 6.45) is 0. The van der Waals surface area contributed by atoms with Crippen LogP contribution in [-0.2, 0) is 0 Å². The first-order valence-electron chi connectivity index (χ1n) is 7.46. The molecule has 0 aromatic heterocycles. The maximum Gasteiger partial charge on any atom is 0.269 e. The van der Waals surface area contributed by atoms with E-state index in [0.29, 0.717) is 11.3 Å². The van der Waals surface area contributed by atoms with Gasteiger partial charge in [0.1, 0.15) is 0 Å². The van der Waals surface area contributed by atoms with Gasteiger partial charge in [-0.15, -0.1) is 0 Å². The maximum atomic E-state index is 12.1. The minimum atomic E-state index is -0.546. The highest BCUT2D eigenvalue weighted by Crippen LogP contribution is 2.13. The number of anilines is 1. The molecular weight excluding hydrogens is 356 g/mol. The molecule has 0 saturated carbocycles. The maximum absolute atomic E-state index is 12.1. The van der Waals surface area contributed by atoms with Crippen LogP contribution in [0, 0.1) is 10.1 Å². The molecule has 0 spiro atoms. The van der Waals surface area contributed by atoms with E-state index >= 15 is 0 Å². The van der Waals surface area contributed by atoms with Gasteiger partial charge in [0, 0.05) is 43.0 Å². The van der Waals surface area contributed by atoms with Crippen LogP contribution in [0.25, 0.3) is 0 Å². The molecule has 2 aromatic carbocycles. The fourth-order valence-electron chi connectivity index (χ4n) is 2.06. The zero-order valence-corrected chi connectivity index (χ0v) is 14.9. The summed E-state index contributed by atoms with van der Waals surface area (Å²) in [5.74, 6) is -0.660. The van der Waals surface area contributed by atoms with E-state index < -0.39 is 10.8 Å². The minimum absolute atomic E-state index is 0.0443. The predicted octanol–water partition coefficient (Wildman–Crippen LogP) is 2.42. The molecule has 8 nitrogen and oxygen atoms in total. The molecule has 0 aliphatic rings. The summed E-state index contributed by atoms with van der Waals surface area (Å²) >= 11 is 5.09. The average molecular weight is 372 g/mol. The smallest absolute Gasteiger partial charge is 0.269 e. The van der Waals surface area contributed by atoms with Crippen LogP contribution >= 0.6 is 12.2 Å². The van der Waals surface area contributed by atoms with Crippen LogP contribution in [0.3, 0.4) is 0 Å². The summed E-state index contributed by atoms with van der Waals surface area (Å²) in [7, 11) is 3.30. The lowest BCUT2D eigenvalue weighted by molar-refractivity contribution is -0.384. The highest BCUT2D eigenvalue weighted by atomic mass is 32.1. The number of hydrogen-bond acceptors (Lipinski definition) is 5. The molecule has 2 N–H and O–H groups in total. The molecule has 0 unspecified atom stereocenters. The first-order chi connectivity index (χ1) is 12.3. The van der Waals surface area contributed by atoms with Crippen molar-refractivity contribution in [3.8, 4) is 0 Å². The van der Waals surface area contributed by atoms with Crippen molar-refractivity contribution in [3.63, 3.8) is 0 Å². The highest BCUT2D eigenvalue weighted by molar-refractivity contribution is 7.80. The van der Waals surface area contributed by atoms with Crippen molar-refractivity contribution in [2.75, 3.05) is 19.4 Å². The Morgan fingerprint density at radius 3 is 2.31 bits per heavy atom. The number of non-ortho nitro benzene ring substituents is 1. The summed E-state index contributed by atoms with van der Waals surface area (Å²) < 4.78 is 0. The van der Waals surface area contributed by atoms with Crippen molar-refractivity contribution in [2.24, 2.45) is 0 Å². The van der Waals surface area contributed by atoms with E-state index in [1.807, 2.05) is 0 Å². The van der Waals surface area contributed by atoms with Crippen LogP contribution in [0.1, 0.15) is 20.7 Å². The van der Waals surface area contributed by atoms with Gasteiger partial charge in [0.05, 0.1) is 4.92 Å². The Morgan fingerprint density at radius 1 is 1.08 bits per heavy atom. The number of rotatable bonds is 4. The molecular formula is C17H16N4O4S. The van der Waals surface area contributed by atoms with Crippen LogP contribution in [-0.4, -0.2) is 40.8 Å². The van der Waals surface area contributed by atoms with Gasteiger partial charge in [0.25, 0.3) is 17.5 Å². The number of nitro groups is 1. The van der Waals surface area contributed by atoms with Gasteiger partial charge in [0.2, 0.25) is 0 Å². The van der Waals surface area contributed by atoms with Crippen molar-refractivity contribution in [1.82, 2.24) is 10.2 Å². The van der Waals surface area contributed by atoms with Gasteiger partial charge in [0.15, 0.2) is 5.11 Å². The third-order valence-electron chi connectivity index (χ3n) is 3.34. The lowest BCUT2D eigenvalue weighted by atomic mass is 10.2. The van der Waals surface area contributed by atoms with Crippen molar-refractivity contribution >= 4 is 40.5 Å². The molecule has 2 rings (SSSR count). The van der Waals surface area contributed by atoms with Crippen LogP contribution in [0.5, 0.6) is 0 Å². The second-order valence-corrected chi connectivity index (χ2v) is 5.90. The second kappa shape index (κ2) is 8.17. The predicted molar refractivity (Wildman–Crippen MR) is 101 cm³/mol. The molecule has 0 radical (unpaired) electrons. The Hall–Kier alpha value is -3.33. The zero-order valence-electron chi connectivity index (χ0n) is 14.1. The minimum Gasteiger partial charge on any atom is -0.345 e. The highest BCUT2D eigenvalue weighted by Gasteiger charge is 2.12. The second-order valence-electron chi connectivity index (χ2n) is 5.49. The molecule has 134 valence electrons. The fraction of sp³-hybridized carbons (Fsp3) is 0.118. The third-order valence-corrected chi connectivity index (χ3v) is 3.55. The van der Waals surface area contributed by atoms with E-state index in [9.17, 15) is 19.7 Å². The van der Waals surface area contributed by atoms with Crippen molar-refractivity contribution in [1.29, 1.82) is 0 Å². The molecule has 0 atom stereocenters. The average Bonchev–Trinajstić information content (AvgIpc) is 2.61. The molecule has 0 heterocycles. The van der Waals surface area contributed by atoms with Crippen LogP contribution in [0.15, 0.2) is 48.5 Å². The van der Waals surface area contributed by atoms with Gasteiger partial charge in [-0.1, -0.05) is 6.07 Å². The van der Waals surface area contributed by atoms with Crippen LogP contribution in [0.4, 0.5) is 11.4 Å². The Kier molecular flexibility index (Phi) is 5.97. The Morgan fingerprint density at radius 2 is 1.73 bits per heavy atom. The third kappa shape index (κ3) is 4.84. The van der Waals surface area contributed by atoms with Gasteiger partial charge >= 0.3 is 0 Å². The van der Waals surface area contributed by atoms with Crippen LogP contribution < -0.4 is 10.6 Å². The quantitative estimate of drug-likeness (QED) is 0.485. The molecule has 2 aromatic rings. The van der Waals surface area contributed by atoms with Crippen molar-refractivity contribution in [3.05, 3.63) is 69.8 Å². The summed E-state index contributed by atoms with van der Waals surface area (Å²) in [4.78, 5) is 35.6. The first kappa shape index (κ1) is 19.0. The molecule has 26 heavy (non-hydrogen) atoms. The monoisotopic (exact) mass is 372 g/mol. The topological polar surface area (TPSA) is 105 Å². The summed E-state index contributed by atoms with van der Waals surface area (Å²) in [6.45, 7) is 0. The van der Waals surface area contributed by atoms with Gasteiger partial charge < -0.3 is 10.2 Å². The SMILES string of the molecule is CN(C)C(=O)c1cccc(NC(=S)NC(=O)c2ccc([N+](=O)[O-])cc2)c1. The van der Waals surface area contributed by atoms with E-state index in [1.54, 1.807) is 38.4 Å². The van der Waals surface area contributed by atoms with Crippen LogP contribution in [0.2, 0.25) is 0 Å². The first-order valence-corrected chi connectivity index (χ1v) is 7.87. The Balaban J connectivity index is 2.02. The number of amides is 2. The normalized spacial score (nSPS) is 9.92. The van der Waals surface area contributed by atoms with Crippen molar-refractivity contribution < 1.29 is 14.5 Å². The number of hydrogen-bond donors (Lipinski definition) is 2. The van der Waals surface area contributed by atoms with E-state index in [1.165, 1.54) is 29.2 Å².